The predicted octanol–water partition coefficient (Wildman–Crippen LogP) is 2.80. The summed E-state index contributed by atoms with van der Waals surface area (Å²) in [4.78, 5) is 34.5. The van der Waals surface area contributed by atoms with Crippen LogP contribution < -0.4 is 10.2 Å². The number of imide groups is 1. The number of likely N-dealkylation sites (N-methyl/N-ethyl adjacent to an activating group) is 1. The monoisotopic (exact) mass is 433 g/mol. The van der Waals surface area contributed by atoms with Crippen molar-refractivity contribution in [3.63, 3.8) is 0 Å². The van der Waals surface area contributed by atoms with E-state index in [1.165, 1.54) is 16.0 Å². The Kier molecular flexibility index (Phi) is 5.18. The molecule has 2 aromatic rings. The van der Waals surface area contributed by atoms with Gasteiger partial charge in [0.25, 0.3) is 5.91 Å². The van der Waals surface area contributed by atoms with Gasteiger partial charge in [-0.1, -0.05) is 30.3 Å². The fourth-order valence-electron chi connectivity index (χ4n) is 5.40. The number of nitrogens with one attached hydrogen (secondary N) is 1. The third-order valence-corrected chi connectivity index (χ3v) is 7.00. The van der Waals surface area contributed by atoms with E-state index in [1.54, 1.807) is 11.9 Å². The second kappa shape index (κ2) is 7.90. The standard InChI is InChI=1S/C25H31N5O2/c1-16-12-17(2)14-20(13-16)28-10-7-11-29-21-22(26-24(28)29)27(4)25(32)30(23(21)31)15-19-9-6-5-8-18(19)3/h5-6,8-9,12-14,21-22,24,26H,7,10-11,15H2,1-4H3. The third kappa shape index (κ3) is 3.36. The van der Waals surface area contributed by atoms with Crippen molar-refractivity contribution in [2.75, 3.05) is 25.0 Å². The van der Waals surface area contributed by atoms with Crippen LogP contribution in [0, 0.1) is 20.8 Å². The van der Waals surface area contributed by atoms with Gasteiger partial charge in [-0.15, -0.1) is 0 Å². The van der Waals surface area contributed by atoms with Crippen molar-refractivity contribution in [2.24, 2.45) is 0 Å². The molecule has 0 bridgehead atoms. The van der Waals surface area contributed by atoms with Gasteiger partial charge in [0.05, 0.1) is 6.54 Å². The molecule has 3 saturated heterocycles. The first-order valence-corrected chi connectivity index (χ1v) is 11.3. The van der Waals surface area contributed by atoms with Crippen LogP contribution in [0.4, 0.5) is 10.5 Å². The van der Waals surface area contributed by atoms with Crippen LogP contribution >= 0.6 is 0 Å². The van der Waals surface area contributed by atoms with Gasteiger partial charge in [0, 0.05) is 25.8 Å². The van der Waals surface area contributed by atoms with Crippen LogP contribution in [0.25, 0.3) is 0 Å². The lowest BCUT2D eigenvalue weighted by atomic mass is 10.1. The Bertz CT molecular complexity index is 1050. The molecule has 5 rings (SSSR count). The SMILES string of the molecule is Cc1cc(C)cc(N2CCCN3C4C(=O)N(Cc5ccccc5C)C(=O)N(C)C4NC23)c1. The molecule has 3 fully saturated rings. The number of carbonyl (C=O) groups is 2. The minimum absolute atomic E-state index is 0.112. The first-order chi connectivity index (χ1) is 15.3. The number of carbonyl (C=O) groups excluding carboxylic acids is 2. The summed E-state index contributed by atoms with van der Waals surface area (Å²) < 4.78 is 0. The highest BCUT2D eigenvalue weighted by Crippen LogP contribution is 2.34. The molecule has 3 unspecified atom stereocenters. The van der Waals surface area contributed by atoms with Crippen molar-refractivity contribution in [3.05, 3.63) is 64.7 Å². The van der Waals surface area contributed by atoms with Crippen LogP contribution in [0.2, 0.25) is 0 Å². The number of fused-ring (bicyclic) bond motifs is 3. The number of nitrogens with zero attached hydrogens (tertiary/aromatic N) is 4. The molecule has 3 aliphatic rings. The summed E-state index contributed by atoms with van der Waals surface area (Å²) in [6.07, 6.45) is 0.522. The number of urea groups is 1. The van der Waals surface area contributed by atoms with Gasteiger partial charge in [0.2, 0.25) is 0 Å². The minimum atomic E-state index is -0.388. The van der Waals surface area contributed by atoms with Gasteiger partial charge >= 0.3 is 6.03 Å². The molecule has 7 nitrogen and oxygen atoms in total. The quantitative estimate of drug-likeness (QED) is 0.807. The Hall–Kier alpha value is -2.90. The number of benzene rings is 2. The van der Waals surface area contributed by atoms with Gasteiger partial charge in [-0.3, -0.25) is 19.9 Å². The Morgan fingerprint density at radius 1 is 1.00 bits per heavy atom. The molecule has 1 N–H and O–H groups in total. The van der Waals surface area contributed by atoms with Gasteiger partial charge < -0.3 is 9.80 Å². The number of amides is 3. The Morgan fingerprint density at radius 2 is 1.72 bits per heavy atom. The molecule has 0 aliphatic carbocycles. The predicted molar refractivity (Wildman–Crippen MR) is 124 cm³/mol. The zero-order chi connectivity index (χ0) is 22.6. The number of anilines is 1. The maximum Gasteiger partial charge on any atom is 0.328 e. The third-order valence-electron chi connectivity index (χ3n) is 7.00. The van der Waals surface area contributed by atoms with Crippen molar-refractivity contribution in [1.29, 1.82) is 0 Å². The van der Waals surface area contributed by atoms with E-state index < -0.39 is 0 Å². The molecular weight excluding hydrogens is 402 g/mol. The lowest BCUT2D eigenvalue weighted by molar-refractivity contribution is -0.139. The van der Waals surface area contributed by atoms with Crippen LogP contribution in [0.3, 0.4) is 0 Å². The average Bonchev–Trinajstić information content (AvgIpc) is 3.16. The van der Waals surface area contributed by atoms with Crippen LogP contribution in [-0.2, 0) is 11.3 Å². The van der Waals surface area contributed by atoms with Crippen molar-refractivity contribution < 1.29 is 9.59 Å². The number of hydrogen-bond donors (Lipinski definition) is 1. The van der Waals surface area contributed by atoms with E-state index in [9.17, 15) is 9.59 Å². The van der Waals surface area contributed by atoms with Crippen molar-refractivity contribution in [1.82, 2.24) is 20.0 Å². The fourth-order valence-corrected chi connectivity index (χ4v) is 5.40. The van der Waals surface area contributed by atoms with Crippen LogP contribution in [0.15, 0.2) is 42.5 Å². The molecule has 0 spiro atoms. The zero-order valence-corrected chi connectivity index (χ0v) is 19.2. The molecule has 0 aromatic heterocycles. The molecule has 32 heavy (non-hydrogen) atoms. The molecule has 2 aromatic carbocycles. The molecule has 3 amide bonds. The maximum absolute atomic E-state index is 13.7. The van der Waals surface area contributed by atoms with Gasteiger partial charge in [-0.2, -0.15) is 0 Å². The second-order valence-electron chi connectivity index (χ2n) is 9.31. The summed E-state index contributed by atoms with van der Waals surface area (Å²) in [5, 5.41) is 3.60. The Labute approximate surface area is 189 Å². The summed E-state index contributed by atoms with van der Waals surface area (Å²) in [6.45, 7) is 8.28. The van der Waals surface area contributed by atoms with Crippen LogP contribution in [0.1, 0.15) is 28.7 Å². The van der Waals surface area contributed by atoms with Crippen molar-refractivity contribution in [3.8, 4) is 0 Å². The van der Waals surface area contributed by atoms with Crippen LogP contribution in [0.5, 0.6) is 0 Å². The highest BCUT2D eigenvalue weighted by molar-refractivity contribution is 6.00. The van der Waals surface area contributed by atoms with Crippen molar-refractivity contribution >= 4 is 17.6 Å². The van der Waals surface area contributed by atoms with E-state index in [4.69, 9.17) is 0 Å². The molecule has 3 heterocycles. The molecule has 7 heteroatoms. The average molecular weight is 434 g/mol. The molecule has 0 radical (unpaired) electrons. The second-order valence-corrected chi connectivity index (χ2v) is 9.31. The number of rotatable bonds is 3. The van der Waals surface area contributed by atoms with Crippen molar-refractivity contribution in [2.45, 2.75) is 52.2 Å². The van der Waals surface area contributed by atoms with E-state index >= 15 is 0 Å². The van der Waals surface area contributed by atoms with Gasteiger partial charge in [-0.05, 0) is 61.6 Å². The summed E-state index contributed by atoms with van der Waals surface area (Å²) in [5.41, 5.74) is 5.68. The van der Waals surface area contributed by atoms with Gasteiger partial charge in [0.1, 0.15) is 18.5 Å². The lowest BCUT2D eigenvalue weighted by Gasteiger charge is -2.44. The highest BCUT2D eigenvalue weighted by atomic mass is 16.2. The lowest BCUT2D eigenvalue weighted by Crippen LogP contribution is -2.66. The maximum atomic E-state index is 13.7. The summed E-state index contributed by atoms with van der Waals surface area (Å²) >= 11 is 0. The van der Waals surface area contributed by atoms with Gasteiger partial charge in [-0.25, -0.2) is 4.79 Å². The molecular formula is C25H31N5O2. The minimum Gasteiger partial charge on any atom is -0.343 e. The smallest absolute Gasteiger partial charge is 0.328 e. The topological polar surface area (TPSA) is 59.1 Å². The van der Waals surface area contributed by atoms with E-state index in [0.717, 1.165) is 36.3 Å². The Balaban J connectivity index is 1.45. The molecule has 0 saturated carbocycles. The van der Waals surface area contributed by atoms with E-state index in [-0.39, 0.29) is 30.4 Å². The van der Waals surface area contributed by atoms with E-state index in [2.05, 4.69) is 47.2 Å². The molecule has 168 valence electrons. The first-order valence-electron chi connectivity index (χ1n) is 11.3. The normalized spacial score (nSPS) is 25.9. The summed E-state index contributed by atoms with van der Waals surface area (Å²) in [6, 6.07) is 13.9. The fraction of sp³-hybridized carbons (Fsp3) is 0.440. The number of hydrogen-bond acceptors (Lipinski definition) is 5. The Morgan fingerprint density at radius 3 is 2.44 bits per heavy atom. The van der Waals surface area contributed by atoms with Crippen LogP contribution in [-0.4, -0.2) is 65.3 Å². The van der Waals surface area contributed by atoms with E-state index in [0.29, 0.717) is 6.54 Å². The molecule has 3 atom stereocenters. The van der Waals surface area contributed by atoms with Gasteiger partial charge in [0.15, 0.2) is 0 Å². The largest absolute Gasteiger partial charge is 0.343 e. The summed E-state index contributed by atoms with van der Waals surface area (Å²) in [5.74, 6) is -0.112. The highest BCUT2D eigenvalue weighted by Gasteiger charge is 2.56. The molecule has 3 aliphatic heterocycles. The van der Waals surface area contributed by atoms with E-state index in [1.807, 2.05) is 31.2 Å². The number of aryl methyl sites for hydroxylation is 3. The first kappa shape index (κ1) is 21.0. The zero-order valence-electron chi connectivity index (χ0n) is 19.2. The summed E-state index contributed by atoms with van der Waals surface area (Å²) in [7, 11) is 1.80.